The van der Waals surface area contributed by atoms with Crippen LogP contribution in [0.15, 0.2) is 103 Å². The third-order valence-electron chi connectivity index (χ3n) is 7.98. The quantitative estimate of drug-likeness (QED) is 0.0738. The summed E-state index contributed by atoms with van der Waals surface area (Å²) in [6.07, 6.45) is 22.5. The number of benzene rings is 3. The average Bonchev–Trinajstić information content (AvgIpc) is 2.97. The molecular weight excluding hydrogens is 470 g/mol. The SMILES string of the molecule is CCCCCCCCC/C=C/CCCCCC[N+](Cc1ccccc1)(Cc1ccccc1)Cc1ccccc1. The van der Waals surface area contributed by atoms with Gasteiger partial charge in [0.25, 0.3) is 0 Å². The molecule has 0 aliphatic carbocycles. The van der Waals surface area contributed by atoms with Gasteiger partial charge in [-0.25, -0.2) is 0 Å². The second-order valence-corrected chi connectivity index (χ2v) is 11.6. The molecule has 3 aromatic rings. The molecule has 0 aliphatic heterocycles. The lowest BCUT2D eigenvalue weighted by molar-refractivity contribution is -0.966. The Morgan fingerprint density at radius 3 is 1.21 bits per heavy atom. The van der Waals surface area contributed by atoms with Crippen molar-refractivity contribution in [1.29, 1.82) is 0 Å². The third-order valence-corrected chi connectivity index (χ3v) is 7.98. The van der Waals surface area contributed by atoms with Gasteiger partial charge in [0.1, 0.15) is 19.6 Å². The first-order chi connectivity index (χ1) is 19.3. The molecule has 0 atom stereocenters. The number of allylic oxidation sites excluding steroid dienone is 2. The second kappa shape index (κ2) is 19.4. The van der Waals surface area contributed by atoms with E-state index in [-0.39, 0.29) is 0 Å². The number of nitrogens with zero attached hydrogens (tertiary/aromatic N) is 1. The molecule has 0 saturated heterocycles. The highest BCUT2D eigenvalue weighted by molar-refractivity contribution is 5.17. The number of rotatable bonds is 21. The van der Waals surface area contributed by atoms with Crippen molar-refractivity contribution >= 4 is 0 Å². The molecule has 1 heteroatoms. The van der Waals surface area contributed by atoms with Crippen molar-refractivity contribution in [2.45, 2.75) is 110 Å². The lowest BCUT2D eigenvalue weighted by Crippen LogP contribution is -2.46. The number of quaternary nitrogens is 1. The van der Waals surface area contributed by atoms with E-state index in [2.05, 4.69) is 110 Å². The molecule has 39 heavy (non-hydrogen) atoms. The van der Waals surface area contributed by atoms with Gasteiger partial charge in [0.15, 0.2) is 0 Å². The zero-order valence-electron chi connectivity index (χ0n) is 24.8. The van der Waals surface area contributed by atoms with Crippen LogP contribution >= 0.6 is 0 Å². The molecule has 3 aromatic carbocycles. The Labute approximate surface area is 240 Å². The molecule has 3 rings (SSSR count). The largest absolute Gasteiger partial charge is 0.312 e. The van der Waals surface area contributed by atoms with Gasteiger partial charge in [-0.1, -0.05) is 155 Å². The highest BCUT2D eigenvalue weighted by atomic mass is 15.3. The van der Waals surface area contributed by atoms with Crippen molar-refractivity contribution in [2.75, 3.05) is 6.54 Å². The first-order valence-corrected chi connectivity index (χ1v) is 15.9. The predicted molar refractivity (Wildman–Crippen MR) is 170 cm³/mol. The van der Waals surface area contributed by atoms with E-state index in [0.717, 1.165) is 24.1 Å². The van der Waals surface area contributed by atoms with Gasteiger partial charge in [-0.05, 0) is 38.5 Å². The van der Waals surface area contributed by atoms with Crippen LogP contribution in [0.1, 0.15) is 107 Å². The van der Waals surface area contributed by atoms with Crippen molar-refractivity contribution in [2.24, 2.45) is 0 Å². The first kappa shape index (κ1) is 30.9. The van der Waals surface area contributed by atoms with E-state index in [4.69, 9.17) is 0 Å². The van der Waals surface area contributed by atoms with E-state index in [1.54, 1.807) is 0 Å². The highest BCUT2D eigenvalue weighted by Gasteiger charge is 2.28. The smallest absolute Gasteiger partial charge is 0.105 e. The predicted octanol–water partition coefficient (Wildman–Crippen LogP) is 11.1. The Balaban J connectivity index is 1.48. The Kier molecular flexibility index (Phi) is 15.4. The third kappa shape index (κ3) is 13.3. The molecule has 0 unspecified atom stereocenters. The molecule has 0 heterocycles. The van der Waals surface area contributed by atoms with Gasteiger partial charge >= 0.3 is 0 Å². The van der Waals surface area contributed by atoms with E-state index in [9.17, 15) is 0 Å². The molecule has 0 spiro atoms. The number of hydrogen-bond acceptors (Lipinski definition) is 0. The molecule has 0 radical (unpaired) electrons. The maximum absolute atomic E-state index is 2.44. The minimum absolute atomic E-state index is 1.08. The van der Waals surface area contributed by atoms with Gasteiger partial charge in [0, 0.05) is 16.7 Å². The maximum atomic E-state index is 2.44. The molecule has 0 amide bonds. The Morgan fingerprint density at radius 1 is 0.436 bits per heavy atom. The summed E-state index contributed by atoms with van der Waals surface area (Å²) in [5.41, 5.74) is 4.32. The van der Waals surface area contributed by atoms with Gasteiger partial charge in [-0.2, -0.15) is 0 Å². The van der Waals surface area contributed by atoms with Crippen molar-refractivity contribution in [3.63, 3.8) is 0 Å². The zero-order chi connectivity index (χ0) is 27.3. The normalized spacial score (nSPS) is 11.8. The first-order valence-electron chi connectivity index (χ1n) is 15.9. The van der Waals surface area contributed by atoms with Crippen LogP contribution in [0.25, 0.3) is 0 Å². The lowest BCUT2D eigenvalue weighted by atomic mass is 10.0. The minimum atomic E-state index is 1.08. The summed E-state index contributed by atoms with van der Waals surface area (Å²) in [5, 5.41) is 0. The molecule has 0 N–H and O–H groups in total. The number of hydrogen-bond donors (Lipinski definition) is 0. The van der Waals surface area contributed by atoms with E-state index >= 15 is 0 Å². The zero-order valence-corrected chi connectivity index (χ0v) is 24.8. The van der Waals surface area contributed by atoms with E-state index in [1.807, 2.05) is 0 Å². The Bertz CT molecular complexity index is 891. The molecule has 0 fully saturated rings. The summed E-state index contributed by atoms with van der Waals surface area (Å²) in [5.74, 6) is 0. The van der Waals surface area contributed by atoms with Crippen molar-refractivity contribution in [3.05, 3.63) is 120 Å². The standard InChI is InChI=1S/C38H54N/c1-2-3-4-5-6-7-8-9-10-11-12-13-14-15-25-32-39(33-36-26-19-16-20-27-36,34-37-28-21-17-22-29-37)35-38-30-23-18-24-31-38/h10-11,16-24,26-31H,2-9,12-15,25,32-35H2,1H3/q+1/b11-10+. The van der Waals surface area contributed by atoms with Crippen LogP contribution in [0.4, 0.5) is 0 Å². The van der Waals surface area contributed by atoms with Crippen LogP contribution in [0.2, 0.25) is 0 Å². The maximum Gasteiger partial charge on any atom is 0.105 e. The van der Waals surface area contributed by atoms with Crippen LogP contribution in [0, 0.1) is 0 Å². The average molecular weight is 525 g/mol. The summed E-state index contributed by atoms with van der Waals surface area (Å²) >= 11 is 0. The van der Waals surface area contributed by atoms with Crippen LogP contribution in [-0.2, 0) is 19.6 Å². The molecule has 0 saturated carbocycles. The Morgan fingerprint density at radius 2 is 0.795 bits per heavy atom. The fourth-order valence-electron chi connectivity index (χ4n) is 5.83. The van der Waals surface area contributed by atoms with Gasteiger partial charge < -0.3 is 4.48 Å². The molecule has 0 aromatic heterocycles. The van der Waals surface area contributed by atoms with Gasteiger partial charge in [0.05, 0.1) is 6.54 Å². The van der Waals surface area contributed by atoms with Gasteiger partial charge in [-0.3, -0.25) is 0 Å². The van der Waals surface area contributed by atoms with Gasteiger partial charge in [0.2, 0.25) is 0 Å². The van der Waals surface area contributed by atoms with Crippen LogP contribution in [0.3, 0.4) is 0 Å². The van der Waals surface area contributed by atoms with E-state index in [0.29, 0.717) is 0 Å². The topological polar surface area (TPSA) is 0 Å². The monoisotopic (exact) mass is 524 g/mol. The summed E-state index contributed by atoms with van der Waals surface area (Å²) in [4.78, 5) is 0. The fraction of sp³-hybridized carbons (Fsp3) is 0.474. The second-order valence-electron chi connectivity index (χ2n) is 11.6. The minimum Gasteiger partial charge on any atom is -0.312 e. The highest BCUT2D eigenvalue weighted by Crippen LogP contribution is 2.26. The fourth-order valence-corrected chi connectivity index (χ4v) is 5.83. The van der Waals surface area contributed by atoms with Crippen molar-refractivity contribution in [1.82, 2.24) is 0 Å². The lowest BCUT2D eigenvalue weighted by Gasteiger charge is -2.39. The molecule has 1 nitrogen and oxygen atoms in total. The summed E-state index contributed by atoms with van der Waals surface area (Å²) < 4.78 is 1.08. The van der Waals surface area contributed by atoms with Crippen molar-refractivity contribution in [3.8, 4) is 0 Å². The molecule has 0 bridgehead atoms. The van der Waals surface area contributed by atoms with Crippen LogP contribution in [-0.4, -0.2) is 11.0 Å². The summed E-state index contributed by atoms with van der Waals surface area (Å²) in [7, 11) is 0. The molecule has 0 aliphatic rings. The van der Waals surface area contributed by atoms with Crippen molar-refractivity contribution < 1.29 is 4.48 Å². The van der Waals surface area contributed by atoms with Crippen LogP contribution < -0.4 is 0 Å². The molecular formula is C38H54N+. The van der Waals surface area contributed by atoms with Crippen LogP contribution in [0.5, 0.6) is 0 Å². The van der Waals surface area contributed by atoms with Gasteiger partial charge in [-0.15, -0.1) is 0 Å². The summed E-state index contributed by atoms with van der Waals surface area (Å²) in [6, 6.07) is 33.4. The summed E-state index contributed by atoms with van der Waals surface area (Å²) in [6.45, 7) is 6.73. The Hall–Kier alpha value is -2.64. The molecule has 210 valence electrons. The number of unbranched alkanes of at least 4 members (excludes halogenated alkanes) is 11. The van der Waals surface area contributed by atoms with E-state index < -0.39 is 0 Å². The van der Waals surface area contributed by atoms with E-state index in [1.165, 1.54) is 107 Å².